The molecule has 2 aromatic carbocycles. The monoisotopic (exact) mass is 717 g/mol. The maximum atomic E-state index is 12.9. The van der Waals surface area contributed by atoms with Gasteiger partial charge in [0.05, 0.1) is 63.5 Å². The number of hydrogen-bond acceptors (Lipinski definition) is 11. The van der Waals surface area contributed by atoms with Gasteiger partial charge in [-0.3, -0.25) is 4.90 Å². The molecule has 1 saturated heterocycles. The molecule has 0 aromatic heterocycles. The zero-order valence-electron chi connectivity index (χ0n) is 30.8. The Hall–Kier alpha value is -3.69. The van der Waals surface area contributed by atoms with Crippen molar-refractivity contribution in [3.63, 3.8) is 0 Å². The zero-order chi connectivity index (χ0) is 37.0. The van der Waals surface area contributed by atoms with Gasteiger partial charge >= 0.3 is 6.09 Å². The summed E-state index contributed by atoms with van der Waals surface area (Å²) in [5.74, 6) is 0.448. The van der Waals surface area contributed by atoms with Gasteiger partial charge < -0.3 is 43.3 Å². The third kappa shape index (κ3) is 11.4. The summed E-state index contributed by atoms with van der Waals surface area (Å²) in [6.45, 7) is 12.4. The number of amides is 1. The van der Waals surface area contributed by atoms with Crippen molar-refractivity contribution in [2.75, 3.05) is 71.8 Å². The maximum absolute atomic E-state index is 12.9. The number of likely N-dealkylation sites (tertiary alicyclic amines) is 1. The Bertz CT molecular complexity index is 1390. The lowest BCUT2D eigenvalue weighted by atomic mass is 9.71. The summed E-state index contributed by atoms with van der Waals surface area (Å²) in [6, 6.07) is 13.6. The Morgan fingerprint density at radius 3 is 2.41 bits per heavy atom. The molecule has 0 spiro atoms. The van der Waals surface area contributed by atoms with Gasteiger partial charge in [-0.05, 0) is 54.0 Å². The highest BCUT2D eigenvalue weighted by molar-refractivity contribution is 5.66. The summed E-state index contributed by atoms with van der Waals surface area (Å²) in [7, 11) is 3.33. The van der Waals surface area contributed by atoms with E-state index in [-0.39, 0.29) is 32.1 Å². The first-order chi connectivity index (χ1) is 24.4. The molecule has 5 atom stereocenters. The second-order valence-corrected chi connectivity index (χ2v) is 14.2. The number of nitrogens with zero attached hydrogens (tertiary/aromatic N) is 3. The van der Waals surface area contributed by atoms with Crippen molar-refractivity contribution in [2.45, 2.75) is 84.0 Å². The van der Waals surface area contributed by atoms with E-state index >= 15 is 0 Å². The molecule has 2 aromatic rings. The fraction of sp³-hybridized carbons (Fsp3) is 0.649. The van der Waals surface area contributed by atoms with E-state index in [1.807, 2.05) is 57.2 Å². The number of fused-ring (bicyclic) bond motifs is 1. The van der Waals surface area contributed by atoms with E-state index in [4.69, 9.17) is 33.3 Å². The van der Waals surface area contributed by atoms with Gasteiger partial charge in [0, 0.05) is 39.9 Å². The Balaban J connectivity index is 1.67. The normalized spacial score (nSPS) is 21.1. The first kappa shape index (κ1) is 40.1. The molecule has 14 nitrogen and oxygen atoms in total. The standard InChI is InChI=1S/C37H55N3O11/c1-26(51-40(43)44)14-18-48-32-23-39(36(41)42)35(37(2,3)4)34(33(32)29-11-8-27(9-12-29)24-47-21-20-46-6)50-25-28-10-13-31-30(22-28)38(16-19-49-31)15-7-17-45-5/h8-13,22,26,32-35H,7,14-21,23-25H2,1-6H3,(H,41,42)/t26?,32-,33+,34-,35?/m1/s1. The topological polar surface area (TPSA) is 152 Å². The van der Waals surface area contributed by atoms with E-state index in [0.717, 1.165) is 47.6 Å². The molecule has 0 saturated carbocycles. The average molecular weight is 718 g/mol. The fourth-order valence-corrected chi connectivity index (χ4v) is 6.91. The number of hydrogen-bond donors (Lipinski definition) is 1. The van der Waals surface area contributed by atoms with Crippen molar-refractivity contribution in [3.8, 4) is 5.75 Å². The Labute approximate surface area is 300 Å². The number of piperidine rings is 1. The van der Waals surface area contributed by atoms with Crippen LogP contribution in [-0.2, 0) is 41.7 Å². The minimum absolute atomic E-state index is 0.0980. The average Bonchev–Trinajstić information content (AvgIpc) is 3.08. The van der Waals surface area contributed by atoms with E-state index in [9.17, 15) is 20.0 Å². The van der Waals surface area contributed by atoms with Crippen LogP contribution in [-0.4, -0.2) is 112 Å². The molecule has 2 heterocycles. The van der Waals surface area contributed by atoms with Gasteiger partial charge in [-0.15, -0.1) is 10.1 Å². The third-order valence-corrected chi connectivity index (χ3v) is 9.30. The van der Waals surface area contributed by atoms with Crippen LogP contribution in [0.4, 0.5) is 10.5 Å². The highest BCUT2D eigenvalue weighted by Crippen LogP contribution is 2.43. The van der Waals surface area contributed by atoms with Gasteiger partial charge in [0.25, 0.3) is 5.09 Å². The van der Waals surface area contributed by atoms with Gasteiger partial charge in [-0.1, -0.05) is 51.1 Å². The summed E-state index contributed by atoms with van der Waals surface area (Å²) < 4.78 is 35.4. The highest BCUT2D eigenvalue weighted by atomic mass is 17.0. The number of carbonyl (C=O) groups is 1. The summed E-state index contributed by atoms with van der Waals surface area (Å²) in [4.78, 5) is 32.2. The van der Waals surface area contributed by atoms with Gasteiger partial charge in [-0.25, -0.2) is 4.79 Å². The third-order valence-electron chi connectivity index (χ3n) is 9.30. The molecule has 4 rings (SSSR count). The van der Waals surface area contributed by atoms with Crippen molar-refractivity contribution in [1.29, 1.82) is 0 Å². The van der Waals surface area contributed by atoms with Crippen LogP contribution in [0.1, 0.15) is 63.1 Å². The molecule has 284 valence electrons. The lowest BCUT2D eigenvalue weighted by molar-refractivity contribution is -0.767. The first-order valence-electron chi connectivity index (χ1n) is 17.6. The van der Waals surface area contributed by atoms with E-state index < -0.39 is 40.9 Å². The lowest BCUT2D eigenvalue weighted by Gasteiger charge is -2.52. The van der Waals surface area contributed by atoms with Gasteiger partial charge in [0.2, 0.25) is 0 Å². The largest absolute Gasteiger partial charge is 0.490 e. The fourth-order valence-electron chi connectivity index (χ4n) is 6.91. The van der Waals surface area contributed by atoms with Crippen LogP contribution in [0.2, 0.25) is 0 Å². The zero-order valence-corrected chi connectivity index (χ0v) is 30.8. The summed E-state index contributed by atoms with van der Waals surface area (Å²) in [6.07, 6.45) is -1.84. The van der Waals surface area contributed by atoms with E-state index in [0.29, 0.717) is 33.0 Å². The molecular formula is C37H55N3O11. The second kappa shape index (κ2) is 19.2. The van der Waals surface area contributed by atoms with Crippen molar-refractivity contribution < 1.29 is 48.2 Å². The first-order valence-corrected chi connectivity index (χ1v) is 17.6. The predicted molar refractivity (Wildman–Crippen MR) is 190 cm³/mol. The molecule has 2 aliphatic heterocycles. The number of anilines is 1. The van der Waals surface area contributed by atoms with Crippen molar-refractivity contribution in [3.05, 3.63) is 69.3 Å². The molecule has 2 unspecified atom stereocenters. The molecule has 0 bridgehead atoms. The Morgan fingerprint density at radius 1 is 1.02 bits per heavy atom. The molecule has 14 heteroatoms. The molecule has 0 radical (unpaired) electrons. The van der Waals surface area contributed by atoms with Crippen LogP contribution >= 0.6 is 0 Å². The van der Waals surface area contributed by atoms with Gasteiger partial charge in [-0.2, -0.15) is 0 Å². The van der Waals surface area contributed by atoms with Crippen LogP contribution < -0.4 is 9.64 Å². The molecule has 2 aliphatic rings. The smallest absolute Gasteiger partial charge is 0.407 e. The quantitative estimate of drug-likeness (QED) is 0.110. The van der Waals surface area contributed by atoms with E-state index in [1.54, 1.807) is 21.1 Å². The Kier molecular flexibility index (Phi) is 15.1. The molecule has 1 N–H and O–H groups in total. The van der Waals surface area contributed by atoms with Crippen LogP contribution in [0.3, 0.4) is 0 Å². The van der Waals surface area contributed by atoms with Crippen LogP contribution in [0, 0.1) is 15.5 Å². The lowest BCUT2D eigenvalue weighted by Crippen LogP contribution is -2.64. The second-order valence-electron chi connectivity index (χ2n) is 14.2. The molecule has 51 heavy (non-hydrogen) atoms. The number of rotatable bonds is 19. The summed E-state index contributed by atoms with van der Waals surface area (Å²) in [5.41, 5.74) is 3.34. The summed E-state index contributed by atoms with van der Waals surface area (Å²) in [5, 5.41) is 20.6. The Morgan fingerprint density at radius 2 is 1.75 bits per heavy atom. The van der Waals surface area contributed by atoms with Crippen molar-refractivity contribution in [1.82, 2.24) is 4.90 Å². The van der Waals surface area contributed by atoms with Crippen molar-refractivity contribution in [2.24, 2.45) is 5.41 Å². The van der Waals surface area contributed by atoms with Gasteiger partial charge in [0.1, 0.15) is 18.5 Å². The number of methoxy groups -OCH3 is 2. The van der Waals surface area contributed by atoms with Gasteiger partial charge in [0.15, 0.2) is 0 Å². The highest BCUT2D eigenvalue weighted by Gasteiger charge is 2.51. The van der Waals surface area contributed by atoms with Crippen LogP contribution in [0.5, 0.6) is 5.75 Å². The summed E-state index contributed by atoms with van der Waals surface area (Å²) >= 11 is 0. The maximum Gasteiger partial charge on any atom is 0.407 e. The number of ether oxygens (including phenoxy) is 6. The van der Waals surface area contributed by atoms with Crippen LogP contribution in [0.15, 0.2) is 42.5 Å². The predicted octanol–water partition coefficient (Wildman–Crippen LogP) is 5.53. The van der Waals surface area contributed by atoms with E-state index in [1.165, 1.54) is 4.90 Å². The minimum atomic E-state index is -1.07. The number of benzene rings is 2. The van der Waals surface area contributed by atoms with E-state index in [2.05, 4.69) is 11.0 Å². The SMILES string of the molecule is COCCCN1CCOc2ccc(CO[C@H]3C(C(C)(C)C)N(C(=O)O)C[C@@H](OCCC(C)O[N+](=O)[O-])[C@@H]3c3ccc(COCCOC)cc3)cc21. The van der Waals surface area contributed by atoms with Crippen LogP contribution in [0.25, 0.3) is 0 Å². The molecule has 1 amide bonds. The number of carboxylic acid groups (broad SMARTS) is 1. The molecule has 1 fully saturated rings. The molecule has 0 aliphatic carbocycles. The molecular weight excluding hydrogens is 662 g/mol. The minimum Gasteiger partial charge on any atom is -0.490 e. The van der Waals surface area contributed by atoms with Crippen molar-refractivity contribution >= 4 is 11.8 Å².